The number of benzene rings is 2. The molecule has 2 rings (SSSR count). The summed E-state index contributed by atoms with van der Waals surface area (Å²) in [6.45, 7) is 4.86. The zero-order valence-corrected chi connectivity index (χ0v) is 17.8. The van der Waals surface area contributed by atoms with Crippen molar-refractivity contribution in [2.75, 3.05) is 0 Å². The third-order valence-electron chi connectivity index (χ3n) is 4.21. The Bertz CT molecular complexity index is 968. The van der Waals surface area contributed by atoms with Gasteiger partial charge in [-0.3, -0.25) is 14.9 Å². The minimum Gasteiger partial charge on any atom is -0.481 e. The number of nitrogens with one attached hydrogen (secondary N) is 1. The van der Waals surface area contributed by atoms with Crippen molar-refractivity contribution in [1.82, 2.24) is 5.32 Å². The number of rotatable bonds is 8. The number of aliphatic carboxylic acids is 1. The van der Waals surface area contributed by atoms with Crippen molar-refractivity contribution >= 4 is 23.7 Å². The Kier molecular flexibility index (Phi) is 7.89. The van der Waals surface area contributed by atoms with Crippen LogP contribution in [0.4, 0.5) is 10.5 Å². The summed E-state index contributed by atoms with van der Waals surface area (Å²) in [6.07, 6.45) is -1.05. The number of nitrogens with zero attached hydrogens (tertiary/aromatic N) is 1. The number of amides is 1. The van der Waals surface area contributed by atoms with E-state index in [2.05, 4.69) is 5.32 Å². The van der Waals surface area contributed by atoms with Gasteiger partial charge >= 0.3 is 18.0 Å². The van der Waals surface area contributed by atoms with Crippen LogP contribution in [-0.2, 0) is 20.7 Å². The molecule has 0 spiro atoms. The molecular weight excluding hydrogens is 420 g/mol. The highest BCUT2D eigenvalue weighted by atomic mass is 16.6. The number of nitro groups is 1. The molecule has 0 aromatic heterocycles. The average molecular weight is 444 g/mol. The summed E-state index contributed by atoms with van der Waals surface area (Å²) in [6, 6.07) is 11.7. The molecule has 0 aliphatic carbocycles. The van der Waals surface area contributed by atoms with Crippen molar-refractivity contribution in [1.29, 1.82) is 0 Å². The summed E-state index contributed by atoms with van der Waals surface area (Å²) in [7, 11) is 0. The summed E-state index contributed by atoms with van der Waals surface area (Å²) in [5.74, 6) is -3.78. The number of carboxylic acids is 1. The lowest BCUT2D eigenvalue weighted by Gasteiger charge is -2.26. The second-order valence-electron chi connectivity index (χ2n) is 7.93. The van der Waals surface area contributed by atoms with Crippen LogP contribution < -0.4 is 10.1 Å². The first-order valence-electron chi connectivity index (χ1n) is 9.68. The number of hydrogen-bond acceptors (Lipinski definition) is 7. The number of carbonyl (C=O) groups excluding carboxylic acids is 2. The number of esters is 1. The van der Waals surface area contributed by atoms with E-state index in [4.69, 9.17) is 9.47 Å². The summed E-state index contributed by atoms with van der Waals surface area (Å²) in [4.78, 5) is 47.4. The first-order chi connectivity index (χ1) is 15.0. The molecule has 0 aliphatic heterocycles. The Morgan fingerprint density at radius 1 is 1.06 bits per heavy atom. The van der Waals surface area contributed by atoms with Gasteiger partial charge in [-0.15, -0.1) is 0 Å². The van der Waals surface area contributed by atoms with Gasteiger partial charge in [0.2, 0.25) is 0 Å². The Balaban J connectivity index is 2.30. The fourth-order valence-electron chi connectivity index (χ4n) is 2.79. The molecule has 0 aliphatic rings. The minimum atomic E-state index is -1.59. The Morgan fingerprint density at radius 3 is 2.16 bits per heavy atom. The molecule has 0 saturated heterocycles. The van der Waals surface area contributed by atoms with Crippen LogP contribution in [-0.4, -0.2) is 39.7 Å². The lowest BCUT2D eigenvalue weighted by Crippen LogP contribution is -2.52. The van der Waals surface area contributed by atoms with Gasteiger partial charge in [0.15, 0.2) is 0 Å². The zero-order valence-electron chi connectivity index (χ0n) is 17.8. The maximum Gasteiger partial charge on any atom is 0.408 e. The van der Waals surface area contributed by atoms with Gasteiger partial charge in [-0.1, -0.05) is 30.3 Å². The third-order valence-corrected chi connectivity index (χ3v) is 4.21. The molecule has 2 atom stereocenters. The molecule has 2 aromatic rings. The van der Waals surface area contributed by atoms with E-state index in [-0.39, 0.29) is 17.9 Å². The summed E-state index contributed by atoms with van der Waals surface area (Å²) >= 11 is 0. The van der Waals surface area contributed by atoms with E-state index in [1.807, 2.05) is 0 Å². The second-order valence-corrected chi connectivity index (χ2v) is 7.93. The fraction of sp³-hybridized carbons (Fsp3) is 0.318. The maximum absolute atomic E-state index is 12.9. The molecule has 0 saturated carbocycles. The van der Waals surface area contributed by atoms with Gasteiger partial charge in [0, 0.05) is 12.1 Å². The molecule has 2 aromatic carbocycles. The quantitative estimate of drug-likeness (QED) is 0.273. The number of alkyl carbamates (subject to hydrolysis) is 1. The predicted molar refractivity (Wildman–Crippen MR) is 113 cm³/mol. The maximum atomic E-state index is 12.9. The van der Waals surface area contributed by atoms with E-state index in [9.17, 15) is 29.6 Å². The number of carboxylic acid groups (broad SMARTS) is 1. The van der Waals surface area contributed by atoms with E-state index in [0.29, 0.717) is 5.56 Å². The highest BCUT2D eigenvalue weighted by Crippen LogP contribution is 2.20. The standard InChI is InChI=1S/C22H24N2O8/c1-22(2,3)32-21(28)23-18(17(19(25)26)13-14-7-5-4-6-8-14)20(27)31-16-11-9-15(10-12-16)24(29)30/h4-12,17-18H,13H2,1-3H3,(H,23,28)(H,25,26)/t17?,18-/m0/s1. The SMILES string of the molecule is CC(C)(C)OC(=O)N[C@H](C(=O)Oc1ccc([N+](=O)[O-])cc1)C(Cc1ccccc1)C(=O)O. The van der Waals surface area contributed by atoms with Crippen LogP contribution in [0.25, 0.3) is 0 Å². The Labute approximate surface area is 184 Å². The van der Waals surface area contributed by atoms with Crippen molar-refractivity contribution < 1.29 is 33.9 Å². The number of carbonyl (C=O) groups is 3. The minimum absolute atomic E-state index is 0.0413. The fourth-order valence-corrected chi connectivity index (χ4v) is 2.79. The summed E-state index contributed by atoms with van der Waals surface area (Å²) in [5.41, 5.74) is -0.450. The monoisotopic (exact) mass is 444 g/mol. The van der Waals surface area contributed by atoms with Gasteiger partial charge in [0.25, 0.3) is 5.69 Å². The van der Waals surface area contributed by atoms with Crippen LogP contribution in [0, 0.1) is 16.0 Å². The number of non-ortho nitro benzene ring substituents is 1. The van der Waals surface area contributed by atoms with Crippen molar-refractivity contribution in [3.05, 3.63) is 70.3 Å². The smallest absolute Gasteiger partial charge is 0.408 e. The van der Waals surface area contributed by atoms with E-state index >= 15 is 0 Å². The topological polar surface area (TPSA) is 145 Å². The molecule has 170 valence electrons. The van der Waals surface area contributed by atoms with Crippen molar-refractivity contribution in [3.8, 4) is 5.75 Å². The van der Waals surface area contributed by atoms with Crippen LogP contribution in [0.2, 0.25) is 0 Å². The van der Waals surface area contributed by atoms with Gasteiger partial charge in [-0.25, -0.2) is 9.59 Å². The van der Waals surface area contributed by atoms with Crippen molar-refractivity contribution in [3.63, 3.8) is 0 Å². The normalized spacial score (nSPS) is 12.8. The summed E-state index contributed by atoms with van der Waals surface area (Å²) in [5, 5.41) is 22.9. The molecule has 1 amide bonds. The van der Waals surface area contributed by atoms with Crippen molar-refractivity contribution in [2.45, 2.75) is 38.8 Å². The van der Waals surface area contributed by atoms with Crippen LogP contribution in [0.3, 0.4) is 0 Å². The molecule has 32 heavy (non-hydrogen) atoms. The largest absolute Gasteiger partial charge is 0.481 e. The van der Waals surface area contributed by atoms with E-state index in [1.54, 1.807) is 51.1 Å². The van der Waals surface area contributed by atoms with E-state index in [0.717, 1.165) is 12.1 Å². The predicted octanol–water partition coefficient (Wildman–Crippen LogP) is 3.34. The molecule has 2 N–H and O–H groups in total. The molecule has 10 nitrogen and oxygen atoms in total. The van der Waals surface area contributed by atoms with Crippen LogP contribution in [0.1, 0.15) is 26.3 Å². The summed E-state index contributed by atoms with van der Waals surface area (Å²) < 4.78 is 10.4. The lowest BCUT2D eigenvalue weighted by atomic mass is 9.92. The molecule has 10 heteroatoms. The molecule has 0 bridgehead atoms. The van der Waals surface area contributed by atoms with Crippen molar-refractivity contribution in [2.24, 2.45) is 5.92 Å². The van der Waals surface area contributed by atoms with E-state index < -0.39 is 40.5 Å². The highest BCUT2D eigenvalue weighted by molar-refractivity contribution is 5.88. The molecule has 1 unspecified atom stereocenters. The second kappa shape index (κ2) is 10.4. The number of hydrogen-bond donors (Lipinski definition) is 2. The van der Waals surface area contributed by atoms with Crippen LogP contribution in [0.15, 0.2) is 54.6 Å². The van der Waals surface area contributed by atoms with E-state index in [1.165, 1.54) is 12.1 Å². The molecule has 0 heterocycles. The van der Waals surface area contributed by atoms with Gasteiger partial charge in [0.1, 0.15) is 17.4 Å². The Morgan fingerprint density at radius 2 is 1.66 bits per heavy atom. The lowest BCUT2D eigenvalue weighted by molar-refractivity contribution is -0.384. The van der Waals surface area contributed by atoms with Gasteiger partial charge in [0.05, 0.1) is 10.8 Å². The van der Waals surface area contributed by atoms with Gasteiger partial charge in [-0.2, -0.15) is 0 Å². The molecule has 0 radical (unpaired) electrons. The Hall–Kier alpha value is -3.95. The molecule has 0 fully saturated rings. The molecular formula is C22H24N2O8. The first kappa shape index (κ1) is 24.3. The highest BCUT2D eigenvalue weighted by Gasteiger charge is 2.38. The van der Waals surface area contributed by atoms with Gasteiger partial charge in [-0.05, 0) is 44.9 Å². The van der Waals surface area contributed by atoms with Gasteiger partial charge < -0.3 is 19.9 Å². The number of ether oxygens (including phenoxy) is 2. The average Bonchev–Trinajstić information content (AvgIpc) is 2.70. The third kappa shape index (κ3) is 7.38. The zero-order chi connectivity index (χ0) is 23.9. The number of nitro benzene ring substituents is 1. The van der Waals surface area contributed by atoms with Crippen LogP contribution in [0.5, 0.6) is 5.75 Å². The first-order valence-corrected chi connectivity index (χ1v) is 9.68. The van der Waals surface area contributed by atoms with Crippen LogP contribution >= 0.6 is 0 Å².